The largest absolute Gasteiger partial charge is 0.478 e. The molecule has 0 fully saturated rings. The molecule has 0 aromatic carbocycles. The van der Waals surface area contributed by atoms with Crippen LogP contribution in [0.2, 0.25) is 0 Å². The number of pyridine rings is 1. The summed E-state index contributed by atoms with van der Waals surface area (Å²) in [5.41, 5.74) is 6.04. The minimum Gasteiger partial charge on any atom is -0.478 e. The molecule has 1 rings (SSSR count). The van der Waals surface area contributed by atoms with Crippen molar-refractivity contribution in [2.75, 3.05) is 6.61 Å². The van der Waals surface area contributed by atoms with Crippen LogP contribution in [-0.2, 0) is 9.63 Å². The number of aromatic nitrogens is 1. The molecule has 8 nitrogen and oxygen atoms in total. The number of carboxylic acids is 1. The normalized spacial score (nSPS) is 9.65. The Labute approximate surface area is 95.3 Å². The summed E-state index contributed by atoms with van der Waals surface area (Å²) >= 11 is 0. The van der Waals surface area contributed by atoms with Gasteiger partial charge < -0.3 is 10.8 Å². The topological polar surface area (TPSA) is 132 Å². The summed E-state index contributed by atoms with van der Waals surface area (Å²) in [5.74, 6) is -2.94. The Bertz CT molecular complexity index is 460. The smallest absolute Gasteiger partial charge is 0.338 e. The molecule has 0 atom stereocenters. The Morgan fingerprint density at radius 3 is 2.76 bits per heavy atom. The lowest BCUT2D eigenvalue weighted by atomic mass is 10.2. The van der Waals surface area contributed by atoms with Crippen LogP contribution >= 0.6 is 0 Å². The van der Waals surface area contributed by atoms with E-state index < -0.39 is 24.4 Å². The van der Waals surface area contributed by atoms with Gasteiger partial charge in [-0.15, -0.1) is 0 Å². The van der Waals surface area contributed by atoms with E-state index in [1.807, 2.05) is 5.48 Å². The molecule has 0 unspecified atom stereocenters. The number of aromatic carboxylic acids is 1. The third-order valence-electron chi connectivity index (χ3n) is 1.63. The van der Waals surface area contributed by atoms with Crippen molar-refractivity contribution in [1.82, 2.24) is 10.5 Å². The van der Waals surface area contributed by atoms with Crippen LogP contribution in [0.15, 0.2) is 18.3 Å². The van der Waals surface area contributed by atoms with E-state index in [1.54, 1.807) is 0 Å². The van der Waals surface area contributed by atoms with Crippen LogP contribution in [0.1, 0.15) is 20.8 Å². The summed E-state index contributed by atoms with van der Waals surface area (Å²) in [5, 5.41) is 8.79. The van der Waals surface area contributed by atoms with Gasteiger partial charge in [0.25, 0.3) is 5.91 Å². The highest BCUT2D eigenvalue weighted by Crippen LogP contribution is 2.04. The van der Waals surface area contributed by atoms with Crippen molar-refractivity contribution in [3.63, 3.8) is 0 Å². The third kappa shape index (κ3) is 3.54. The lowest BCUT2D eigenvalue weighted by Gasteiger charge is -2.05. The molecule has 90 valence electrons. The van der Waals surface area contributed by atoms with Gasteiger partial charge in [-0.25, -0.2) is 10.3 Å². The van der Waals surface area contributed by atoms with E-state index in [4.69, 9.17) is 10.8 Å². The van der Waals surface area contributed by atoms with Crippen LogP contribution < -0.4 is 11.2 Å². The Kier molecular flexibility index (Phi) is 4.12. The van der Waals surface area contributed by atoms with E-state index in [-0.39, 0.29) is 11.3 Å². The van der Waals surface area contributed by atoms with E-state index in [0.717, 1.165) is 0 Å². The van der Waals surface area contributed by atoms with E-state index >= 15 is 0 Å². The van der Waals surface area contributed by atoms with Gasteiger partial charge in [-0.2, -0.15) is 0 Å². The molecule has 17 heavy (non-hydrogen) atoms. The average molecular weight is 239 g/mol. The van der Waals surface area contributed by atoms with Crippen LogP contribution in [0.3, 0.4) is 0 Å². The predicted molar refractivity (Wildman–Crippen MR) is 53.8 cm³/mol. The first-order valence-electron chi connectivity index (χ1n) is 4.41. The van der Waals surface area contributed by atoms with Crippen LogP contribution in [0.5, 0.6) is 0 Å². The summed E-state index contributed by atoms with van der Waals surface area (Å²) in [6.07, 6.45) is 1.26. The number of carboxylic acid groups (broad SMARTS) is 1. The molecular weight excluding hydrogens is 230 g/mol. The fraction of sp³-hybridized carbons (Fsp3) is 0.111. The molecule has 0 bridgehead atoms. The highest BCUT2D eigenvalue weighted by molar-refractivity contribution is 6.02. The van der Waals surface area contributed by atoms with Crippen molar-refractivity contribution < 1.29 is 24.3 Å². The molecule has 1 heterocycles. The zero-order chi connectivity index (χ0) is 12.8. The maximum atomic E-state index is 11.4. The zero-order valence-electron chi connectivity index (χ0n) is 8.54. The van der Waals surface area contributed by atoms with Crippen molar-refractivity contribution in [3.05, 3.63) is 29.6 Å². The van der Waals surface area contributed by atoms with Gasteiger partial charge in [-0.1, -0.05) is 0 Å². The monoisotopic (exact) mass is 239 g/mol. The second-order valence-electron chi connectivity index (χ2n) is 2.89. The number of carbonyl (C=O) groups is 3. The van der Waals surface area contributed by atoms with E-state index in [9.17, 15) is 14.4 Å². The second-order valence-corrected chi connectivity index (χ2v) is 2.89. The molecule has 0 spiro atoms. The summed E-state index contributed by atoms with van der Waals surface area (Å²) in [6.45, 7) is -0.513. The van der Waals surface area contributed by atoms with Crippen molar-refractivity contribution >= 4 is 17.8 Å². The Balaban J connectivity index is 2.75. The van der Waals surface area contributed by atoms with Gasteiger partial charge in [0.15, 0.2) is 6.61 Å². The first-order valence-corrected chi connectivity index (χ1v) is 4.41. The molecular formula is C9H9N3O5. The zero-order valence-corrected chi connectivity index (χ0v) is 8.54. The molecule has 0 saturated carbocycles. The minimum absolute atomic E-state index is 0.271. The standard InChI is InChI=1S/C9H9N3O5/c10-6(13)4-17-12-8(14)7-5(9(15)16)2-1-3-11-7/h1-3H,4H2,(H2,10,13)(H,12,14)(H,15,16). The molecule has 0 aliphatic rings. The van der Waals surface area contributed by atoms with E-state index in [0.29, 0.717) is 0 Å². The molecule has 0 aliphatic carbocycles. The second kappa shape index (κ2) is 5.56. The first-order chi connectivity index (χ1) is 8.02. The summed E-state index contributed by atoms with van der Waals surface area (Å²) in [6, 6.07) is 2.60. The number of rotatable bonds is 5. The van der Waals surface area contributed by atoms with Gasteiger partial charge in [0.1, 0.15) is 5.69 Å². The fourth-order valence-corrected chi connectivity index (χ4v) is 0.980. The van der Waals surface area contributed by atoms with E-state index in [1.165, 1.54) is 18.3 Å². The number of hydrogen-bond acceptors (Lipinski definition) is 5. The van der Waals surface area contributed by atoms with Crippen molar-refractivity contribution in [3.8, 4) is 0 Å². The summed E-state index contributed by atoms with van der Waals surface area (Å²) in [7, 11) is 0. The van der Waals surface area contributed by atoms with E-state index in [2.05, 4.69) is 9.82 Å². The number of primary amides is 1. The fourth-order valence-electron chi connectivity index (χ4n) is 0.980. The highest BCUT2D eigenvalue weighted by atomic mass is 16.7. The number of carbonyl (C=O) groups excluding carboxylic acids is 2. The molecule has 4 N–H and O–H groups in total. The van der Waals surface area contributed by atoms with Gasteiger partial charge in [-0.05, 0) is 12.1 Å². The molecule has 8 heteroatoms. The minimum atomic E-state index is -1.29. The third-order valence-corrected chi connectivity index (χ3v) is 1.63. The number of amides is 2. The first kappa shape index (κ1) is 12.6. The summed E-state index contributed by atoms with van der Waals surface area (Å²) in [4.78, 5) is 40.6. The van der Waals surface area contributed by atoms with Gasteiger partial charge in [0.2, 0.25) is 5.91 Å². The van der Waals surface area contributed by atoms with Crippen LogP contribution in [-0.4, -0.2) is 34.5 Å². The lowest BCUT2D eigenvalue weighted by molar-refractivity contribution is -0.124. The molecule has 0 saturated heterocycles. The van der Waals surface area contributed by atoms with Gasteiger partial charge in [0.05, 0.1) is 5.56 Å². The number of hydrogen-bond donors (Lipinski definition) is 3. The van der Waals surface area contributed by atoms with Crippen molar-refractivity contribution in [1.29, 1.82) is 0 Å². The average Bonchev–Trinajstić information content (AvgIpc) is 2.28. The Morgan fingerprint density at radius 1 is 1.47 bits per heavy atom. The molecule has 2 amide bonds. The van der Waals surface area contributed by atoms with Crippen LogP contribution in [0.4, 0.5) is 0 Å². The number of hydroxylamine groups is 1. The number of nitrogens with one attached hydrogen (secondary N) is 1. The molecule has 0 radical (unpaired) electrons. The predicted octanol–water partition coefficient (Wildman–Crippen LogP) is -1.07. The maximum Gasteiger partial charge on any atom is 0.338 e. The SMILES string of the molecule is NC(=O)CONC(=O)c1ncccc1C(=O)O. The van der Waals surface area contributed by atoms with Gasteiger partial charge >= 0.3 is 5.97 Å². The maximum absolute atomic E-state index is 11.4. The van der Waals surface area contributed by atoms with Crippen LogP contribution in [0, 0.1) is 0 Å². The lowest BCUT2D eigenvalue weighted by Crippen LogP contribution is -2.31. The van der Waals surface area contributed by atoms with Gasteiger partial charge in [0, 0.05) is 6.20 Å². The molecule has 1 aromatic rings. The molecule has 1 aromatic heterocycles. The van der Waals surface area contributed by atoms with Gasteiger partial charge in [-0.3, -0.25) is 19.4 Å². The Hall–Kier alpha value is -2.48. The highest BCUT2D eigenvalue weighted by Gasteiger charge is 2.17. The van der Waals surface area contributed by atoms with Crippen molar-refractivity contribution in [2.45, 2.75) is 0 Å². The van der Waals surface area contributed by atoms with Crippen molar-refractivity contribution in [2.24, 2.45) is 5.73 Å². The molecule has 0 aliphatic heterocycles. The summed E-state index contributed by atoms with van der Waals surface area (Å²) < 4.78 is 0. The number of nitrogens with two attached hydrogens (primary N) is 1. The quantitative estimate of drug-likeness (QED) is 0.560. The Morgan fingerprint density at radius 2 is 2.18 bits per heavy atom. The number of nitrogens with zero attached hydrogens (tertiary/aromatic N) is 1. The van der Waals surface area contributed by atoms with Crippen LogP contribution in [0.25, 0.3) is 0 Å².